The predicted molar refractivity (Wildman–Crippen MR) is 58.6 cm³/mol. The molecule has 1 aromatic heterocycles. The van der Waals surface area contributed by atoms with E-state index in [2.05, 4.69) is 0 Å². The lowest BCUT2D eigenvalue weighted by Gasteiger charge is -2.13. The van der Waals surface area contributed by atoms with Crippen molar-refractivity contribution in [3.8, 4) is 0 Å². The quantitative estimate of drug-likeness (QED) is 0.622. The summed E-state index contributed by atoms with van der Waals surface area (Å²) < 4.78 is 1.86. The molecule has 2 rings (SSSR count). The van der Waals surface area contributed by atoms with Gasteiger partial charge in [-0.1, -0.05) is 0 Å². The summed E-state index contributed by atoms with van der Waals surface area (Å²) >= 11 is 0. The Hall–Kier alpha value is -1.58. The third-order valence-electron chi connectivity index (χ3n) is 3.16. The van der Waals surface area contributed by atoms with Crippen molar-refractivity contribution in [3.63, 3.8) is 0 Å². The molecule has 0 aromatic carbocycles. The molecule has 0 atom stereocenters. The minimum atomic E-state index is -1.07. The van der Waals surface area contributed by atoms with Crippen molar-refractivity contribution in [2.45, 2.75) is 32.1 Å². The summed E-state index contributed by atoms with van der Waals surface area (Å²) in [5.74, 6) is -1.37. The summed E-state index contributed by atoms with van der Waals surface area (Å²) in [4.78, 5) is 22.2. The first kappa shape index (κ1) is 10.9. The molecular weight excluding hydrogens is 206 g/mol. The Bertz CT molecular complexity index is 445. The number of hydrogen-bond acceptors (Lipinski definition) is 2. The summed E-state index contributed by atoms with van der Waals surface area (Å²) in [5, 5.41) is 8.61. The van der Waals surface area contributed by atoms with E-state index in [0.717, 1.165) is 25.7 Å². The molecule has 0 aliphatic heterocycles. The van der Waals surface area contributed by atoms with Gasteiger partial charge in [0.15, 0.2) is 5.78 Å². The molecule has 0 bridgehead atoms. The largest absolute Gasteiger partial charge is 0.481 e. The number of Topliss-reactive ketones (excluding diaryl/α,β-unsaturated/α-hetero) is 1. The van der Waals surface area contributed by atoms with Crippen LogP contribution in [0.3, 0.4) is 0 Å². The number of hydrogen-bond donors (Lipinski definition) is 1. The second kappa shape index (κ2) is 4.12. The SMILES string of the molecule is Cn1c(C(=O)CC(=O)O)cc2c1CCCC2. The van der Waals surface area contributed by atoms with Gasteiger partial charge in [-0.05, 0) is 37.3 Å². The number of fused-ring (bicyclic) bond motifs is 1. The summed E-state index contributed by atoms with van der Waals surface area (Å²) in [6, 6.07) is 1.86. The topological polar surface area (TPSA) is 59.3 Å². The maximum Gasteiger partial charge on any atom is 0.311 e. The highest BCUT2D eigenvalue weighted by molar-refractivity contribution is 6.04. The van der Waals surface area contributed by atoms with Crippen LogP contribution in [-0.4, -0.2) is 21.4 Å². The smallest absolute Gasteiger partial charge is 0.311 e. The monoisotopic (exact) mass is 221 g/mol. The van der Waals surface area contributed by atoms with Crippen molar-refractivity contribution in [1.82, 2.24) is 4.57 Å². The zero-order chi connectivity index (χ0) is 11.7. The first-order valence-electron chi connectivity index (χ1n) is 5.52. The standard InChI is InChI=1S/C12H15NO3/c1-13-9-5-3-2-4-8(9)6-10(13)11(14)7-12(15)16/h6H,2-5,7H2,1H3,(H,15,16). The maximum atomic E-state index is 11.7. The fourth-order valence-electron chi connectivity index (χ4n) is 2.35. The molecule has 1 heterocycles. The lowest BCUT2D eigenvalue weighted by molar-refractivity contribution is -0.135. The number of aliphatic carboxylic acids is 1. The molecule has 0 amide bonds. The number of aryl methyl sites for hydroxylation is 1. The van der Waals surface area contributed by atoms with Crippen molar-refractivity contribution < 1.29 is 14.7 Å². The van der Waals surface area contributed by atoms with Gasteiger partial charge in [0.1, 0.15) is 6.42 Å². The number of carbonyl (C=O) groups is 2. The average molecular weight is 221 g/mol. The summed E-state index contributed by atoms with van der Waals surface area (Å²) in [6.07, 6.45) is 3.88. The van der Waals surface area contributed by atoms with E-state index in [4.69, 9.17) is 5.11 Å². The number of aromatic nitrogens is 1. The van der Waals surface area contributed by atoms with Crippen LogP contribution < -0.4 is 0 Å². The molecule has 0 spiro atoms. The third kappa shape index (κ3) is 1.87. The van der Waals surface area contributed by atoms with Crippen LogP contribution in [0.15, 0.2) is 6.07 Å². The van der Waals surface area contributed by atoms with Crippen LogP contribution in [-0.2, 0) is 24.7 Å². The third-order valence-corrected chi connectivity index (χ3v) is 3.16. The van der Waals surface area contributed by atoms with Gasteiger partial charge in [0.05, 0.1) is 5.69 Å². The van der Waals surface area contributed by atoms with E-state index in [1.807, 2.05) is 17.7 Å². The van der Waals surface area contributed by atoms with Crippen molar-refractivity contribution in [1.29, 1.82) is 0 Å². The lowest BCUT2D eigenvalue weighted by atomic mass is 9.98. The molecule has 16 heavy (non-hydrogen) atoms. The second-order valence-corrected chi connectivity index (χ2v) is 4.26. The number of carboxylic acids is 1. The van der Waals surface area contributed by atoms with E-state index in [-0.39, 0.29) is 5.78 Å². The summed E-state index contributed by atoms with van der Waals surface area (Å²) in [6.45, 7) is 0. The summed E-state index contributed by atoms with van der Waals surface area (Å²) in [7, 11) is 1.85. The Morgan fingerprint density at radius 2 is 2.06 bits per heavy atom. The zero-order valence-electron chi connectivity index (χ0n) is 9.32. The molecule has 86 valence electrons. The molecule has 0 saturated heterocycles. The molecule has 0 fully saturated rings. The van der Waals surface area contributed by atoms with Gasteiger partial charge in [-0.15, -0.1) is 0 Å². The maximum absolute atomic E-state index is 11.7. The van der Waals surface area contributed by atoms with Crippen LogP contribution in [0.25, 0.3) is 0 Å². The predicted octanol–water partition coefficient (Wildman–Crippen LogP) is 1.56. The van der Waals surface area contributed by atoms with E-state index >= 15 is 0 Å². The Balaban J connectivity index is 2.31. The Morgan fingerprint density at radius 1 is 1.38 bits per heavy atom. The molecule has 1 aromatic rings. The van der Waals surface area contributed by atoms with Crippen molar-refractivity contribution in [2.75, 3.05) is 0 Å². The molecular formula is C12H15NO3. The fraction of sp³-hybridized carbons (Fsp3) is 0.500. The van der Waals surface area contributed by atoms with Gasteiger partial charge in [0.25, 0.3) is 0 Å². The van der Waals surface area contributed by atoms with Crippen molar-refractivity contribution in [2.24, 2.45) is 7.05 Å². The van der Waals surface area contributed by atoms with Crippen molar-refractivity contribution >= 4 is 11.8 Å². The molecule has 0 radical (unpaired) electrons. The Kier molecular flexibility index (Phi) is 2.81. The van der Waals surface area contributed by atoms with E-state index in [1.165, 1.54) is 11.3 Å². The minimum Gasteiger partial charge on any atom is -0.481 e. The summed E-state index contributed by atoms with van der Waals surface area (Å²) in [5.41, 5.74) is 2.94. The molecule has 0 saturated carbocycles. The van der Waals surface area contributed by atoms with E-state index in [1.54, 1.807) is 0 Å². The highest BCUT2D eigenvalue weighted by Crippen LogP contribution is 2.24. The molecule has 1 aliphatic rings. The number of carbonyl (C=O) groups excluding carboxylic acids is 1. The molecule has 4 nitrogen and oxygen atoms in total. The first-order valence-corrected chi connectivity index (χ1v) is 5.52. The van der Waals surface area contributed by atoms with Gasteiger partial charge in [-0.3, -0.25) is 9.59 Å². The number of carboxylic acid groups (broad SMARTS) is 1. The van der Waals surface area contributed by atoms with E-state index < -0.39 is 12.4 Å². The molecule has 0 unspecified atom stereocenters. The van der Waals surface area contributed by atoms with Gasteiger partial charge in [-0.2, -0.15) is 0 Å². The second-order valence-electron chi connectivity index (χ2n) is 4.26. The average Bonchev–Trinajstić information content (AvgIpc) is 2.56. The van der Waals surface area contributed by atoms with Crippen LogP contribution in [0.2, 0.25) is 0 Å². The normalized spacial score (nSPS) is 14.6. The Labute approximate surface area is 93.9 Å². The molecule has 1 N–H and O–H groups in total. The van der Waals surface area contributed by atoms with E-state index in [9.17, 15) is 9.59 Å². The highest BCUT2D eigenvalue weighted by atomic mass is 16.4. The molecule has 1 aliphatic carbocycles. The van der Waals surface area contributed by atoms with Gasteiger partial charge >= 0.3 is 5.97 Å². The van der Waals surface area contributed by atoms with Crippen LogP contribution in [0.4, 0.5) is 0 Å². The number of ketones is 1. The number of rotatable bonds is 3. The van der Waals surface area contributed by atoms with Crippen molar-refractivity contribution in [3.05, 3.63) is 23.0 Å². The lowest BCUT2D eigenvalue weighted by Crippen LogP contribution is -2.12. The fourth-order valence-corrected chi connectivity index (χ4v) is 2.35. The van der Waals surface area contributed by atoms with Gasteiger partial charge in [-0.25, -0.2) is 0 Å². The van der Waals surface area contributed by atoms with Gasteiger partial charge in [0.2, 0.25) is 0 Å². The Morgan fingerprint density at radius 3 is 2.69 bits per heavy atom. The van der Waals surface area contributed by atoms with E-state index in [0.29, 0.717) is 5.69 Å². The number of nitrogens with zero attached hydrogens (tertiary/aromatic N) is 1. The van der Waals surface area contributed by atoms with Gasteiger partial charge < -0.3 is 9.67 Å². The van der Waals surface area contributed by atoms with Crippen LogP contribution in [0.5, 0.6) is 0 Å². The first-order chi connectivity index (χ1) is 7.59. The highest BCUT2D eigenvalue weighted by Gasteiger charge is 2.21. The van der Waals surface area contributed by atoms with Crippen LogP contribution in [0.1, 0.15) is 41.0 Å². The minimum absolute atomic E-state index is 0.301. The van der Waals surface area contributed by atoms with Crippen LogP contribution in [0, 0.1) is 0 Å². The van der Waals surface area contributed by atoms with Crippen LogP contribution >= 0.6 is 0 Å². The molecule has 4 heteroatoms. The zero-order valence-corrected chi connectivity index (χ0v) is 9.32. The van der Waals surface area contributed by atoms with Gasteiger partial charge in [0, 0.05) is 12.7 Å².